The third kappa shape index (κ3) is 4.64. The van der Waals surface area contributed by atoms with E-state index in [2.05, 4.69) is 10.6 Å². The number of hydrogen-bond acceptors (Lipinski definition) is 5. The highest BCUT2D eigenvalue weighted by atomic mass is 32.1. The molecule has 0 spiro atoms. The van der Waals surface area contributed by atoms with Gasteiger partial charge in [0.2, 0.25) is 0 Å². The Morgan fingerprint density at radius 3 is 2.44 bits per heavy atom. The summed E-state index contributed by atoms with van der Waals surface area (Å²) in [7, 11) is 0. The summed E-state index contributed by atoms with van der Waals surface area (Å²) in [6.07, 6.45) is 2.08. The van der Waals surface area contributed by atoms with Crippen LogP contribution in [0.2, 0.25) is 0 Å². The zero-order valence-electron chi connectivity index (χ0n) is 14.6. The molecule has 0 saturated carbocycles. The van der Waals surface area contributed by atoms with Gasteiger partial charge in [0, 0.05) is 11.4 Å². The predicted octanol–water partition coefficient (Wildman–Crippen LogP) is 2.05. The third-order valence-corrected chi connectivity index (χ3v) is 5.13. The van der Waals surface area contributed by atoms with Gasteiger partial charge in [-0.3, -0.25) is 9.59 Å². The molecule has 0 radical (unpaired) electrons. The average molecular weight is 384 g/mol. The summed E-state index contributed by atoms with van der Waals surface area (Å²) in [6, 6.07) is 16.5. The van der Waals surface area contributed by atoms with Crippen molar-refractivity contribution in [1.82, 2.24) is 10.6 Å². The number of nitrogens with one attached hydrogen (secondary N) is 2. The topological polar surface area (TPSA) is 91.6 Å². The van der Waals surface area contributed by atoms with Crippen molar-refractivity contribution in [2.75, 3.05) is 13.1 Å². The van der Waals surface area contributed by atoms with Crippen LogP contribution in [0.25, 0.3) is 0 Å². The first-order chi connectivity index (χ1) is 13.1. The molecule has 1 aromatic carbocycles. The van der Waals surface area contributed by atoms with Crippen molar-refractivity contribution in [2.45, 2.75) is 12.0 Å². The van der Waals surface area contributed by atoms with E-state index in [-0.39, 0.29) is 6.54 Å². The molecule has 0 aliphatic carbocycles. The second kappa shape index (κ2) is 8.66. The molecule has 0 saturated heterocycles. The molecule has 2 heterocycles. The van der Waals surface area contributed by atoms with Crippen LogP contribution in [0.5, 0.6) is 0 Å². The molecule has 0 aliphatic rings. The van der Waals surface area contributed by atoms with Gasteiger partial charge in [-0.25, -0.2) is 0 Å². The first-order valence-electron chi connectivity index (χ1n) is 8.50. The van der Waals surface area contributed by atoms with Gasteiger partial charge in [0.1, 0.15) is 5.76 Å². The van der Waals surface area contributed by atoms with Crippen molar-refractivity contribution in [3.63, 3.8) is 0 Å². The Labute approximate surface area is 160 Å². The fourth-order valence-electron chi connectivity index (χ4n) is 2.66. The highest BCUT2D eigenvalue weighted by molar-refractivity contribution is 7.10. The molecular weight excluding hydrogens is 364 g/mol. The number of carbonyl (C=O) groups is 2. The summed E-state index contributed by atoms with van der Waals surface area (Å²) in [4.78, 5) is 24.7. The molecule has 2 aromatic heterocycles. The van der Waals surface area contributed by atoms with Gasteiger partial charge < -0.3 is 20.2 Å². The van der Waals surface area contributed by atoms with E-state index in [9.17, 15) is 14.7 Å². The lowest BCUT2D eigenvalue weighted by Gasteiger charge is -2.25. The molecule has 1 atom stereocenters. The van der Waals surface area contributed by atoms with Gasteiger partial charge >= 0.3 is 11.8 Å². The van der Waals surface area contributed by atoms with Crippen LogP contribution < -0.4 is 10.6 Å². The highest BCUT2D eigenvalue weighted by Crippen LogP contribution is 2.32. The number of benzene rings is 1. The summed E-state index contributed by atoms with van der Waals surface area (Å²) in [5.74, 6) is -1.24. The Kier molecular flexibility index (Phi) is 6.05. The van der Waals surface area contributed by atoms with Crippen molar-refractivity contribution in [3.8, 4) is 0 Å². The molecule has 6 nitrogen and oxygen atoms in total. The van der Waals surface area contributed by atoms with Crippen LogP contribution in [-0.4, -0.2) is 30.0 Å². The number of amides is 2. The fourth-order valence-corrected chi connectivity index (χ4v) is 3.49. The third-order valence-electron chi connectivity index (χ3n) is 4.11. The number of furan rings is 1. The zero-order valence-corrected chi connectivity index (χ0v) is 15.4. The Morgan fingerprint density at radius 1 is 1.00 bits per heavy atom. The monoisotopic (exact) mass is 384 g/mol. The highest BCUT2D eigenvalue weighted by Gasteiger charge is 2.36. The second-order valence-corrected chi connectivity index (χ2v) is 6.94. The van der Waals surface area contributed by atoms with Crippen molar-refractivity contribution < 1.29 is 19.1 Å². The molecule has 2 amide bonds. The molecular formula is C20H20N2O4S. The predicted molar refractivity (Wildman–Crippen MR) is 102 cm³/mol. The Balaban J connectivity index is 1.55. The second-order valence-electron chi connectivity index (χ2n) is 5.99. The maximum absolute atomic E-state index is 12.1. The first-order valence-corrected chi connectivity index (χ1v) is 9.38. The van der Waals surface area contributed by atoms with Crippen LogP contribution in [-0.2, 0) is 21.6 Å². The van der Waals surface area contributed by atoms with Crippen LogP contribution in [0.4, 0.5) is 0 Å². The van der Waals surface area contributed by atoms with Gasteiger partial charge in [-0.1, -0.05) is 36.4 Å². The average Bonchev–Trinajstić information content (AvgIpc) is 3.41. The molecule has 27 heavy (non-hydrogen) atoms. The molecule has 0 aliphatic heterocycles. The molecule has 3 aromatic rings. The smallest absolute Gasteiger partial charge is 0.309 e. The summed E-state index contributed by atoms with van der Waals surface area (Å²) in [5, 5.41) is 18.0. The molecule has 7 heteroatoms. The maximum atomic E-state index is 12.1. The molecule has 3 N–H and O–H groups in total. The van der Waals surface area contributed by atoms with E-state index < -0.39 is 17.4 Å². The van der Waals surface area contributed by atoms with Crippen LogP contribution in [0, 0.1) is 0 Å². The van der Waals surface area contributed by atoms with E-state index >= 15 is 0 Å². The first kappa shape index (κ1) is 18.9. The number of aliphatic hydroxyl groups is 1. The summed E-state index contributed by atoms with van der Waals surface area (Å²) >= 11 is 1.34. The van der Waals surface area contributed by atoms with Gasteiger partial charge in [-0.2, -0.15) is 0 Å². The molecule has 1 unspecified atom stereocenters. The standard InChI is InChI=1S/C20H20N2O4S/c23-18(21-11-10-15-6-2-1-3-7-15)19(24)22-14-20(25,16-8-4-12-26-16)17-9-5-13-27-17/h1-9,12-13,25H,10-11,14H2,(H,21,23)(H,22,24). The van der Waals surface area contributed by atoms with Crippen molar-refractivity contribution in [3.05, 3.63) is 82.4 Å². The minimum absolute atomic E-state index is 0.175. The molecule has 0 bridgehead atoms. The summed E-state index contributed by atoms with van der Waals surface area (Å²) < 4.78 is 5.33. The summed E-state index contributed by atoms with van der Waals surface area (Å²) in [6.45, 7) is 0.176. The maximum Gasteiger partial charge on any atom is 0.309 e. The van der Waals surface area contributed by atoms with Crippen LogP contribution in [0.15, 0.2) is 70.7 Å². The Morgan fingerprint density at radius 2 is 1.78 bits per heavy atom. The van der Waals surface area contributed by atoms with Gasteiger partial charge in [0.05, 0.1) is 12.8 Å². The van der Waals surface area contributed by atoms with E-state index in [0.29, 0.717) is 23.6 Å². The quantitative estimate of drug-likeness (QED) is 0.544. The zero-order chi connectivity index (χ0) is 19.1. The summed E-state index contributed by atoms with van der Waals surface area (Å²) in [5.41, 5.74) is -0.458. The lowest BCUT2D eigenvalue weighted by Crippen LogP contribution is -2.46. The van der Waals surface area contributed by atoms with Gasteiger partial charge in [0.25, 0.3) is 0 Å². The van der Waals surface area contributed by atoms with Crippen molar-refractivity contribution in [2.24, 2.45) is 0 Å². The van der Waals surface area contributed by atoms with Gasteiger partial charge in [0.15, 0.2) is 5.60 Å². The molecule has 140 valence electrons. The van der Waals surface area contributed by atoms with E-state index in [1.54, 1.807) is 24.3 Å². The minimum atomic E-state index is -1.53. The molecule has 0 fully saturated rings. The van der Waals surface area contributed by atoms with Crippen LogP contribution in [0.1, 0.15) is 16.2 Å². The van der Waals surface area contributed by atoms with E-state index in [1.807, 2.05) is 35.7 Å². The van der Waals surface area contributed by atoms with Crippen LogP contribution >= 0.6 is 11.3 Å². The fraction of sp³-hybridized carbons (Fsp3) is 0.200. The SMILES string of the molecule is O=C(NCCc1ccccc1)C(=O)NCC(O)(c1ccco1)c1cccs1. The van der Waals surface area contributed by atoms with Crippen molar-refractivity contribution in [1.29, 1.82) is 0 Å². The lowest BCUT2D eigenvalue weighted by atomic mass is 9.98. The van der Waals surface area contributed by atoms with E-state index in [1.165, 1.54) is 17.6 Å². The largest absolute Gasteiger partial charge is 0.466 e. The van der Waals surface area contributed by atoms with E-state index in [0.717, 1.165) is 5.56 Å². The molecule has 3 rings (SSSR count). The Bertz CT molecular complexity index is 827. The Hall–Kier alpha value is -2.90. The van der Waals surface area contributed by atoms with Gasteiger partial charge in [-0.05, 0) is 35.6 Å². The number of hydrogen-bond donors (Lipinski definition) is 3. The number of rotatable bonds is 7. The van der Waals surface area contributed by atoms with Crippen LogP contribution in [0.3, 0.4) is 0 Å². The van der Waals surface area contributed by atoms with Gasteiger partial charge in [-0.15, -0.1) is 11.3 Å². The van der Waals surface area contributed by atoms with E-state index in [4.69, 9.17) is 4.42 Å². The number of thiophene rings is 1. The minimum Gasteiger partial charge on any atom is -0.466 e. The lowest BCUT2D eigenvalue weighted by molar-refractivity contribution is -0.139. The van der Waals surface area contributed by atoms with Crippen molar-refractivity contribution >= 4 is 23.2 Å². The normalized spacial score (nSPS) is 12.9. The number of carbonyl (C=O) groups excluding carboxylic acids is 2.